The molecule has 0 unspecified atom stereocenters. The van der Waals surface area contributed by atoms with E-state index in [9.17, 15) is 9.59 Å². The molecule has 1 aliphatic carbocycles. The van der Waals surface area contributed by atoms with Gasteiger partial charge in [0.15, 0.2) is 0 Å². The van der Waals surface area contributed by atoms with Crippen LogP contribution < -0.4 is 20.7 Å². The zero-order chi connectivity index (χ0) is 23.5. The molecule has 3 N–H and O–H groups in total. The fraction of sp³-hybridized carbons (Fsp3) is 0.269. The van der Waals surface area contributed by atoms with Gasteiger partial charge in [-0.05, 0) is 66.4 Å². The standard InChI is InChI=1S/C26H26N4O4/c27-25(31)19-13-22(16-28-15-19)34-24-8-4-17-1-5-20(14-23(17)24)29-26(32)18-2-6-21(7-3-18)30-9-11-33-12-10-30/h1-3,5-7,13-16,24H,4,8-12H2,(H2,27,31)(H,29,32)/t24-/m0/s1. The maximum atomic E-state index is 12.8. The Bertz CT molecular complexity index is 1210. The molecule has 1 fully saturated rings. The highest BCUT2D eigenvalue weighted by Crippen LogP contribution is 2.36. The number of ether oxygens (including phenoxy) is 2. The smallest absolute Gasteiger partial charge is 0.255 e. The summed E-state index contributed by atoms with van der Waals surface area (Å²) in [6.45, 7) is 3.15. The van der Waals surface area contributed by atoms with Crippen molar-refractivity contribution in [1.82, 2.24) is 4.98 Å². The second kappa shape index (κ2) is 9.52. The van der Waals surface area contributed by atoms with Crippen LogP contribution >= 0.6 is 0 Å². The molecule has 1 atom stereocenters. The van der Waals surface area contributed by atoms with Gasteiger partial charge in [0.1, 0.15) is 11.9 Å². The van der Waals surface area contributed by atoms with E-state index in [0.717, 1.165) is 50.4 Å². The SMILES string of the molecule is NC(=O)c1cncc(O[C@H]2CCc3ccc(NC(=O)c4ccc(N5CCOCC5)cc4)cc32)c1. The fourth-order valence-corrected chi connectivity index (χ4v) is 4.40. The van der Waals surface area contributed by atoms with Crippen LogP contribution in [0.25, 0.3) is 0 Å². The van der Waals surface area contributed by atoms with Crippen LogP contribution in [0.2, 0.25) is 0 Å². The summed E-state index contributed by atoms with van der Waals surface area (Å²) in [7, 11) is 0. The van der Waals surface area contributed by atoms with Crippen LogP contribution in [0, 0.1) is 0 Å². The molecule has 1 saturated heterocycles. The zero-order valence-corrected chi connectivity index (χ0v) is 18.7. The number of rotatable bonds is 6. The molecular weight excluding hydrogens is 432 g/mol. The minimum absolute atomic E-state index is 0.165. The molecule has 1 aliphatic heterocycles. The summed E-state index contributed by atoms with van der Waals surface area (Å²) in [5.74, 6) is -0.223. The molecule has 2 aliphatic rings. The number of amides is 2. The highest BCUT2D eigenvalue weighted by Gasteiger charge is 2.25. The van der Waals surface area contributed by atoms with E-state index in [1.807, 2.05) is 42.5 Å². The monoisotopic (exact) mass is 458 g/mol. The lowest BCUT2D eigenvalue weighted by molar-refractivity contribution is 0.0996. The molecule has 0 spiro atoms. The Hall–Kier alpha value is -3.91. The van der Waals surface area contributed by atoms with E-state index in [0.29, 0.717) is 22.6 Å². The molecular formula is C26H26N4O4. The summed E-state index contributed by atoms with van der Waals surface area (Å²) in [5, 5.41) is 2.99. The number of hydrogen-bond acceptors (Lipinski definition) is 6. The molecule has 8 nitrogen and oxygen atoms in total. The number of nitrogens with one attached hydrogen (secondary N) is 1. The van der Waals surface area contributed by atoms with Gasteiger partial charge in [-0.1, -0.05) is 6.07 Å². The van der Waals surface area contributed by atoms with E-state index >= 15 is 0 Å². The first kappa shape index (κ1) is 21.9. The number of pyridine rings is 1. The fourth-order valence-electron chi connectivity index (χ4n) is 4.40. The van der Waals surface area contributed by atoms with Crippen LogP contribution in [0.5, 0.6) is 5.75 Å². The minimum Gasteiger partial charge on any atom is -0.484 e. The molecule has 0 radical (unpaired) electrons. The number of primary amides is 1. The van der Waals surface area contributed by atoms with Crippen LogP contribution in [0.3, 0.4) is 0 Å². The van der Waals surface area contributed by atoms with E-state index < -0.39 is 5.91 Å². The van der Waals surface area contributed by atoms with Gasteiger partial charge in [0.25, 0.3) is 5.91 Å². The predicted octanol–water partition coefficient (Wildman–Crippen LogP) is 3.34. The van der Waals surface area contributed by atoms with Gasteiger partial charge < -0.3 is 25.4 Å². The second-order valence-electron chi connectivity index (χ2n) is 8.43. The highest BCUT2D eigenvalue weighted by atomic mass is 16.5. The first-order valence-electron chi connectivity index (χ1n) is 11.4. The summed E-state index contributed by atoms with van der Waals surface area (Å²) >= 11 is 0. The molecule has 2 amide bonds. The Morgan fingerprint density at radius 1 is 1.03 bits per heavy atom. The van der Waals surface area contributed by atoms with Gasteiger partial charge in [-0.25, -0.2) is 0 Å². The van der Waals surface area contributed by atoms with Crippen LogP contribution in [-0.4, -0.2) is 43.1 Å². The third-order valence-electron chi connectivity index (χ3n) is 6.21. The number of benzene rings is 2. The molecule has 34 heavy (non-hydrogen) atoms. The molecule has 2 aromatic carbocycles. The summed E-state index contributed by atoms with van der Waals surface area (Å²) in [6.07, 6.45) is 4.47. The van der Waals surface area contributed by atoms with E-state index in [2.05, 4.69) is 15.2 Å². The maximum Gasteiger partial charge on any atom is 0.255 e. The van der Waals surface area contributed by atoms with E-state index in [-0.39, 0.29) is 12.0 Å². The van der Waals surface area contributed by atoms with Gasteiger partial charge in [0.05, 0.1) is 25.0 Å². The Morgan fingerprint density at radius 3 is 2.59 bits per heavy atom. The first-order valence-corrected chi connectivity index (χ1v) is 11.4. The third kappa shape index (κ3) is 4.72. The number of carbonyl (C=O) groups is 2. The van der Waals surface area contributed by atoms with Gasteiger partial charge in [-0.2, -0.15) is 0 Å². The molecule has 0 bridgehead atoms. The van der Waals surface area contributed by atoms with Crippen molar-refractivity contribution in [2.45, 2.75) is 18.9 Å². The summed E-state index contributed by atoms with van der Waals surface area (Å²) in [6, 6.07) is 15.1. The van der Waals surface area contributed by atoms with Gasteiger partial charge in [0.2, 0.25) is 5.91 Å². The number of nitrogens with two attached hydrogens (primary N) is 1. The molecule has 2 heterocycles. The lowest BCUT2D eigenvalue weighted by Gasteiger charge is -2.28. The topological polar surface area (TPSA) is 107 Å². The zero-order valence-electron chi connectivity index (χ0n) is 18.7. The minimum atomic E-state index is -0.548. The summed E-state index contributed by atoms with van der Waals surface area (Å²) < 4.78 is 11.5. The van der Waals surface area contributed by atoms with Crippen LogP contribution in [0.1, 0.15) is 44.4 Å². The van der Waals surface area contributed by atoms with Gasteiger partial charge in [-0.3, -0.25) is 14.6 Å². The number of carbonyl (C=O) groups excluding carboxylic acids is 2. The lowest BCUT2D eigenvalue weighted by Crippen LogP contribution is -2.36. The number of morpholine rings is 1. The van der Waals surface area contributed by atoms with Crippen LogP contribution in [-0.2, 0) is 11.2 Å². The van der Waals surface area contributed by atoms with Gasteiger partial charge >= 0.3 is 0 Å². The molecule has 3 aromatic rings. The maximum absolute atomic E-state index is 12.8. The molecule has 5 rings (SSSR count). The average Bonchev–Trinajstić information content (AvgIpc) is 3.26. The number of aromatic nitrogens is 1. The lowest BCUT2D eigenvalue weighted by atomic mass is 10.1. The number of fused-ring (bicyclic) bond motifs is 1. The summed E-state index contributed by atoms with van der Waals surface area (Å²) in [4.78, 5) is 30.6. The number of nitrogens with zero attached hydrogens (tertiary/aromatic N) is 2. The summed E-state index contributed by atoms with van der Waals surface area (Å²) in [5.41, 5.74) is 10.2. The van der Waals surface area contributed by atoms with Crippen molar-refractivity contribution < 1.29 is 19.1 Å². The van der Waals surface area contributed by atoms with Crippen molar-refractivity contribution >= 4 is 23.2 Å². The van der Waals surface area contributed by atoms with Crippen LogP contribution in [0.15, 0.2) is 60.9 Å². The van der Waals surface area contributed by atoms with E-state index in [1.165, 1.54) is 11.8 Å². The Balaban J connectivity index is 1.27. The van der Waals surface area contributed by atoms with Crippen molar-refractivity contribution in [1.29, 1.82) is 0 Å². The quantitative estimate of drug-likeness (QED) is 0.587. The van der Waals surface area contributed by atoms with Crippen molar-refractivity contribution in [2.24, 2.45) is 5.73 Å². The van der Waals surface area contributed by atoms with Gasteiger partial charge in [0, 0.05) is 36.2 Å². The van der Waals surface area contributed by atoms with Crippen molar-refractivity contribution in [2.75, 3.05) is 36.5 Å². The molecule has 0 saturated carbocycles. The largest absolute Gasteiger partial charge is 0.484 e. The highest BCUT2D eigenvalue weighted by molar-refractivity contribution is 6.04. The molecule has 174 valence electrons. The van der Waals surface area contributed by atoms with E-state index in [4.69, 9.17) is 15.2 Å². The van der Waals surface area contributed by atoms with Crippen LogP contribution in [0.4, 0.5) is 11.4 Å². The van der Waals surface area contributed by atoms with Crippen molar-refractivity contribution in [3.05, 3.63) is 83.2 Å². The number of anilines is 2. The van der Waals surface area contributed by atoms with Gasteiger partial charge in [-0.15, -0.1) is 0 Å². The average molecular weight is 459 g/mol. The first-order chi connectivity index (χ1) is 16.6. The third-order valence-corrected chi connectivity index (χ3v) is 6.21. The molecule has 8 heteroatoms. The Morgan fingerprint density at radius 2 is 1.82 bits per heavy atom. The Kier molecular flexibility index (Phi) is 6.14. The predicted molar refractivity (Wildman–Crippen MR) is 128 cm³/mol. The van der Waals surface area contributed by atoms with Crippen molar-refractivity contribution in [3.63, 3.8) is 0 Å². The molecule has 1 aromatic heterocycles. The number of aryl methyl sites for hydroxylation is 1. The normalized spacial score (nSPS) is 17.2. The Labute approximate surface area is 197 Å². The second-order valence-corrected chi connectivity index (χ2v) is 8.43. The van der Waals surface area contributed by atoms with E-state index in [1.54, 1.807) is 12.3 Å². The van der Waals surface area contributed by atoms with Crippen molar-refractivity contribution in [3.8, 4) is 5.75 Å². The number of hydrogen-bond donors (Lipinski definition) is 2.